The molecule has 0 aromatic rings. The second-order valence-corrected chi connectivity index (χ2v) is 6.88. The van der Waals surface area contributed by atoms with E-state index in [1.807, 2.05) is 0 Å². The van der Waals surface area contributed by atoms with Gasteiger partial charge in [0.25, 0.3) is 0 Å². The highest BCUT2D eigenvalue weighted by Crippen LogP contribution is 2.41. The molecule has 2 fully saturated rings. The van der Waals surface area contributed by atoms with Gasteiger partial charge in [0, 0.05) is 12.6 Å². The average molecular weight is 225 g/mol. The third kappa shape index (κ3) is 2.78. The summed E-state index contributed by atoms with van der Waals surface area (Å²) in [5.74, 6) is 1.71. The fourth-order valence-electron chi connectivity index (χ4n) is 3.49. The first kappa shape index (κ1) is 12.4. The topological polar surface area (TPSA) is 32.3 Å². The third-order valence-corrected chi connectivity index (χ3v) is 4.71. The summed E-state index contributed by atoms with van der Waals surface area (Å²) in [4.78, 5) is 0. The van der Waals surface area contributed by atoms with Gasteiger partial charge in [-0.3, -0.25) is 0 Å². The highest BCUT2D eigenvalue weighted by Gasteiger charge is 2.35. The molecule has 1 aliphatic heterocycles. The molecule has 1 heterocycles. The molecule has 2 N–H and O–H groups in total. The van der Waals surface area contributed by atoms with Crippen LogP contribution in [0.1, 0.15) is 52.9 Å². The van der Waals surface area contributed by atoms with Crippen molar-refractivity contribution in [1.82, 2.24) is 5.32 Å². The third-order valence-electron chi connectivity index (χ3n) is 4.71. The number of β-amino-alcohol motifs (C(OH)–C–C–N with tert-alkyl or cyclic N) is 1. The molecule has 2 rings (SSSR count). The van der Waals surface area contributed by atoms with Gasteiger partial charge >= 0.3 is 0 Å². The van der Waals surface area contributed by atoms with Crippen LogP contribution in [0.4, 0.5) is 0 Å². The van der Waals surface area contributed by atoms with Crippen LogP contribution >= 0.6 is 0 Å². The van der Waals surface area contributed by atoms with Gasteiger partial charge in [0.05, 0.1) is 6.10 Å². The zero-order valence-electron chi connectivity index (χ0n) is 11.0. The van der Waals surface area contributed by atoms with E-state index in [9.17, 15) is 5.11 Å². The Morgan fingerprint density at radius 2 is 1.69 bits per heavy atom. The first-order chi connectivity index (χ1) is 7.47. The number of nitrogens with one attached hydrogen (secondary N) is 1. The summed E-state index contributed by atoms with van der Waals surface area (Å²) in [5, 5.41) is 13.0. The van der Waals surface area contributed by atoms with E-state index in [0.717, 1.165) is 24.8 Å². The first-order valence-electron chi connectivity index (χ1n) is 6.88. The monoisotopic (exact) mass is 225 g/mol. The molecular formula is C14H27NO. The molecule has 16 heavy (non-hydrogen) atoms. The van der Waals surface area contributed by atoms with Crippen LogP contribution in [-0.2, 0) is 0 Å². The number of aliphatic hydroxyl groups excluding tert-OH is 1. The standard InChI is InChI=1S/C14H27NO/c1-14(2,3)11-6-4-10(5-7-11)13-8-12(16)9-15-13/h10-13,15-16H,4-9H2,1-3H3. The molecule has 2 atom stereocenters. The van der Waals surface area contributed by atoms with Gasteiger partial charge in [0.2, 0.25) is 0 Å². The second-order valence-electron chi connectivity index (χ2n) is 6.88. The summed E-state index contributed by atoms with van der Waals surface area (Å²) < 4.78 is 0. The number of aliphatic hydroxyl groups is 1. The highest BCUT2D eigenvalue weighted by atomic mass is 16.3. The van der Waals surface area contributed by atoms with Crippen molar-refractivity contribution in [3.8, 4) is 0 Å². The van der Waals surface area contributed by atoms with Crippen LogP contribution in [0, 0.1) is 17.3 Å². The Balaban J connectivity index is 1.81. The van der Waals surface area contributed by atoms with Gasteiger partial charge in [0.1, 0.15) is 0 Å². The summed E-state index contributed by atoms with van der Waals surface area (Å²) in [6, 6.07) is 0.593. The van der Waals surface area contributed by atoms with Crippen molar-refractivity contribution in [2.45, 2.75) is 65.0 Å². The molecule has 0 radical (unpaired) electrons. The van der Waals surface area contributed by atoms with Crippen molar-refractivity contribution in [3.05, 3.63) is 0 Å². The lowest BCUT2D eigenvalue weighted by Crippen LogP contribution is -2.35. The largest absolute Gasteiger partial charge is 0.392 e. The lowest BCUT2D eigenvalue weighted by atomic mass is 9.68. The lowest BCUT2D eigenvalue weighted by molar-refractivity contribution is 0.131. The summed E-state index contributed by atoms with van der Waals surface area (Å²) in [7, 11) is 0. The quantitative estimate of drug-likeness (QED) is 0.719. The van der Waals surface area contributed by atoms with Crippen LogP contribution in [0.3, 0.4) is 0 Å². The van der Waals surface area contributed by atoms with Gasteiger partial charge in [-0.05, 0) is 49.4 Å². The minimum Gasteiger partial charge on any atom is -0.392 e. The molecule has 0 amide bonds. The molecule has 0 bridgehead atoms. The van der Waals surface area contributed by atoms with Crippen LogP contribution in [0.2, 0.25) is 0 Å². The normalized spacial score (nSPS) is 41.2. The predicted octanol–water partition coefficient (Wildman–Crippen LogP) is 2.56. The van der Waals surface area contributed by atoms with Gasteiger partial charge in [-0.2, -0.15) is 0 Å². The smallest absolute Gasteiger partial charge is 0.0679 e. The number of rotatable bonds is 1. The van der Waals surface area contributed by atoms with E-state index in [1.54, 1.807) is 0 Å². The molecule has 1 aliphatic carbocycles. The van der Waals surface area contributed by atoms with E-state index in [4.69, 9.17) is 0 Å². The molecule has 0 aromatic carbocycles. The van der Waals surface area contributed by atoms with Crippen LogP contribution < -0.4 is 5.32 Å². The van der Waals surface area contributed by atoms with E-state index >= 15 is 0 Å². The minimum absolute atomic E-state index is 0.0923. The van der Waals surface area contributed by atoms with Crippen molar-refractivity contribution in [3.63, 3.8) is 0 Å². The Morgan fingerprint density at radius 3 is 2.12 bits per heavy atom. The summed E-state index contributed by atoms with van der Waals surface area (Å²) in [6.45, 7) is 7.92. The number of hydrogen-bond donors (Lipinski definition) is 2. The van der Waals surface area contributed by atoms with Crippen LogP contribution in [0.25, 0.3) is 0 Å². The van der Waals surface area contributed by atoms with E-state index in [2.05, 4.69) is 26.1 Å². The maximum Gasteiger partial charge on any atom is 0.0679 e. The van der Waals surface area contributed by atoms with Gasteiger partial charge in [-0.15, -0.1) is 0 Å². The first-order valence-corrected chi connectivity index (χ1v) is 6.88. The molecule has 2 heteroatoms. The van der Waals surface area contributed by atoms with Crippen LogP contribution in [0.15, 0.2) is 0 Å². The molecule has 1 saturated heterocycles. The van der Waals surface area contributed by atoms with Gasteiger partial charge in [-0.1, -0.05) is 20.8 Å². The van der Waals surface area contributed by atoms with Gasteiger partial charge < -0.3 is 10.4 Å². The predicted molar refractivity (Wildman–Crippen MR) is 67.3 cm³/mol. The molecule has 0 aromatic heterocycles. The van der Waals surface area contributed by atoms with Crippen molar-refractivity contribution < 1.29 is 5.11 Å². The fraction of sp³-hybridized carbons (Fsp3) is 1.00. The Kier molecular flexibility index (Phi) is 3.60. The van der Waals surface area contributed by atoms with E-state index in [-0.39, 0.29) is 6.10 Å². The SMILES string of the molecule is CC(C)(C)C1CCC(C2CC(O)CN2)CC1. The fourth-order valence-corrected chi connectivity index (χ4v) is 3.49. The van der Waals surface area contributed by atoms with Crippen molar-refractivity contribution in [2.24, 2.45) is 17.3 Å². The van der Waals surface area contributed by atoms with Crippen molar-refractivity contribution in [2.75, 3.05) is 6.54 Å². The van der Waals surface area contributed by atoms with Crippen LogP contribution in [-0.4, -0.2) is 23.8 Å². The van der Waals surface area contributed by atoms with Crippen LogP contribution in [0.5, 0.6) is 0 Å². The Morgan fingerprint density at radius 1 is 1.06 bits per heavy atom. The van der Waals surface area contributed by atoms with E-state index in [1.165, 1.54) is 25.7 Å². The zero-order valence-corrected chi connectivity index (χ0v) is 11.0. The Bertz CT molecular complexity index is 225. The van der Waals surface area contributed by atoms with Crippen molar-refractivity contribution >= 4 is 0 Å². The van der Waals surface area contributed by atoms with E-state index in [0.29, 0.717) is 11.5 Å². The molecule has 0 spiro atoms. The summed E-state index contributed by atoms with van der Waals surface area (Å²) >= 11 is 0. The lowest BCUT2D eigenvalue weighted by Gasteiger charge is -2.38. The van der Waals surface area contributed by atoms with Gasteiger partial charge in [-0.25, -0.2) is 0 Å². The molecule has 2 aliphatic rings. The average Bonchev–Trinajstić information content (AvgIpc) is 2.64. The molecule has 2 nitrogen and oxygen atoms in total. The molecule has 94 valence electrons. The molecule has 2 unspecified atom stereocenters. The van der Waals surface area contributed by atoms with E-state index < -0.39 is 0 Å². The summed E-state index contributed by atoms with van der Waals surface area (Å²) in [6.07, 6.45) is 6.35. The minimum atomic E-state index is -0.0923. The number of hydrogen-bond acceptors (Lipinski definition) is 2. The highest BCUT2D eigenvalue weighted by molar-refractivity contribution is 4.90. The molecule has 1 saturated carbocycles. The van der Waals surface area contributed by atoms with Gasteiger partial charge in [0.15, 0.2) is 0 Å². The second kappa shape index (κ2) is 4.66. The Labute approximate surface area is 99.8 Å². The summed E-state index contributed by atoms with van der Waals surface area (Å²) in [5.41, 5.74) is 0.480. The maximum absolute atomic E-state index is 9.55. The zero-order chi connectivity index (χ0) is 11.8. The maximum atomic E-state index is 9.55. The Hall–Kier alpha value is -0.0800. The van der Waals surface area contributed by atoms with Crippen molar-refractivity contribution in [1.29, 1.82) is 0 Å². The molecular weight excluding hydrogens is 198 g/mol.